The van der Waals surface area contributed by atoms with Gasteiger partial charge in [0.25, 0.3) is 0 Å². The van der Waals surface area contributed by atoms with Crippen LogP contribution in [0.3, 0.4) is 0 Å². The van der Waals surface area contributed by atoms with Crippen molar-refractivity contribution in [1.29, 1.82) is 0 Å². The number of methoxy groups -OCH3 is 1. The second kappa shape index (κ2) is 8.47. The van der Waals surface area contributed by atoms with Crippen LogP contribution in [0.1, 0.15) is 46.8 Å². The number of Topliss-reactive ketones (excluding diaryl/α,β-unsaturated/α-hetero) is 1. The van der Waals surface area contributed by atoms with Crippen LogP contribution >= 0.6 is 0 Å². The summed E-state index contributed by atoms with van der Waals surface area (Å²) in [4.78, 5) is 26.0. The lowest BCUT2D eigenvalue weighted by Crippen LogP contribution is -2.23. The van der Waals surface area contributed by atoms with E-state index in [9.17, 15) is 14.7 Å². The van der Waals surface area contributed by atoms with Gasteiger partial charge in [0.2, 0.25) is 0 Å². The van der Waals surface area contributed by atoms with Gasteiger partial charge >= 0.3 is 0 Å². The summed E-state index contributed by atoms with van der Waals surface area (Å²) in [6.45, 7) is 0. The zero-order valence-electron chi connectivity index (χ0n) is 18.2. The Morgan fingerprint density at radius 2 is 1.79 bits per heavy atom. The number of nitrogens with one attached hydrogen (secondary N) is 2. The molecule has 0 spiro atoms. The summed E-state index contributed by atoms with van der Waals surface area (Å²) in [7, 11) is 1.50. The Labute approximate surface area is 191 Å². The molecule has 166 valence electrons. The Morgan fingerprint density at radius 3 is 2.58 bits per heavy atom. The van der Waals surface area contributed by atoms with Gasteiger partial charge in [0, 0.05) is 28.8 Å². The minimum Gasteiger partial charge on any atom is -0.504 e. The summed E-state index contributed by atoms with van der Waals surface area (Å²) >= 11 is 0. The van der Waals surface area contributed by atoms with Crippen LogP contribution in [0.15, 0.2) is 78.0 Å². The van der Waals surface area contributed by atoms with Gasteiger partial charge in [-0.3, -0.25) is 9.59 Å². The molecule has 0 radical (unpaired) electrons. The van der Waals surface area contributed by atoms with Crippen LogP contribution in [0.4, 0.5) is 11.4 Å². The Kier molecular flexibility index (Phi) is 5.34. The number of ether oxygens (including phenoxy) is 1. The molecule has 1 heterocycles. The van der Waals surface area contributed by atoms with Gasteiger partial charge in [0.15, 0.2) is 23.1 Å². The van der Waals surface area contributed by atoms with Gasteiger partial charge < -0.3 is 20.5 Å². The predicted octanol–water partition coefficient (Wildman–Crippen LogP) is 5.22. The molecule has 6 heteroatoms. The van der Waals surface area contributed by atoms with Crippen molar-refractivity contribution < 1.29 is 19.4 Å². The van der Waals surface area contributed by atoms with Crippen molar-refractivity contribution in [2.45, 2.75) is 25.3 Å². The molecule has 33 heavy (non-hydrogen) atoms. The van der Waals surface area contributed by atoms with Crippen LogP contribution in [0, 0.1) is 0 Å². The van der Waals surface area contributed by atoms with Crippen molar-refractivity contribution in [2.75, 3.05) is 17.7 Å². The average molecular weight is 440 g/mol. The highest BCUT2D eigenvalue weighted by atomic mass is 16.5. The summed E-state index contributed by atoms with van der Waals surface area (Å²) in [5.74, 6) is 0.419. The second-order valence-electron chi connectivity index (χ2n) is 8.26. The smallest absolute Gasteiger partial charge is 0.193 e. The normalized spacial score (nSPS) is 17.2. The molecule has 2 aliphatic rings. The van der Waals surface area contributed by atoms with Gasteiger partial charge in [-0.1, -0.05) is 36.4 Å². The molecule has 5 rings (SSSR count). The van der Waals surface area contributed by atoms with E-state index < -0.39 is 6.04 Å². The molecular formula is C27H24N2O4. The van der Waals surface area contributed by atoms with Gasteiger partial charge in [-0.05, 0) is 48.7 Å². The van der Waals surface area contributed by atoms with E-state index in [2.05, 4.69) is 10.6 Å². The van der Waals surface area contributed by atoms with Crippen molar-refractivity contribution in [1.82, 2.24) is 0 Å². The van der Waals surface area contributed by atoms with Crippen LogP contribution in [0.5, 0.6) is 11.5 Å². The van der Waals surface area contributed by atoms with Crippen LogP contribution in [0.2, 0.25) is 0 Å². The zero-order valence-corrected chi connectivity index (χ0v) is 18.2. The van der Waals surface area contributed by atoms with Crippen molar-refractivity contribution in [3.8, 4) is 11.5 Å². The topological polar surface area (TPSA) is 87.7 Å². The fourth-order valence-corrected chi connectivity index (χ4v) is 4.51. The molecule has 1 aliphatic heterocycles. The van der Waals surface area contributed by atoms with E-state index in [4.69, 9.17) is 4.74 Å². The third-order valence-corrected chi connectivity index (χ3v) is 6.19. The van der Waals surface area contributed by atoms with Crippen molar-refractivity contribution >= 4 is 22.9 Å². The first-order chi connectivity index (χ1) is 16.0. The van der Waals surface area contributed by atoms with Gasteiger partial charge in [0.1, 0.15) is 0 Å². The van der Waals surface area contributed by atoms with Gasteiger partial charge in [0.05, 0.1) is 24.5 Å². The molecule has 0 fully saturated rings. The molecule has 1 aliphatic carbocycles. The number of fused-ring (bicyclic) bond motifs is 1. The number of hydrogen-bond donors (Lipinski definition) is 3. The number of rotatable bonds is 4. The zero-order chi connectivity index (χ0) is 22.9. The minimum absolute atomic E-state index is 0.0432. The van der Waals surface area contributed by atoms with E-state index in [1.807, 2.05) is 30.3 Å². The molecule has 0 saturated heterocycles. The van der Waals surface area contributed by atoms with E-state index in [1.165, 1.54) is 7.11 Å². The van der Waals surface area contributed by atoms with Crippen LogP contribution in [0.25, 0.3) is 0 Å². The minimum atomic E-state index is -0.410. The lowest BCUT2D eigenvalue weighted by Gasteiger charge is -2.25. The fourth-order valence-electron chi connectivity index (χ4n) is 4.51. The number of carbonyl (C=O) groups is 2. The Balaban J connectivity index is 1.59. The number of anilines is 2. The number of allylic oxidation sites excluding steroid dienone is 1. The number of benzene rings is 3. The molecule has 3 aromatic rings. The van der Waals surface area contributed by atoms with Crippen molar-refractivity contribution in [3.63, 3.8) is 0 Å². The summed E-state index contributed by atoms with van der Waals surface area (Å²) in [5, 5.41) is 17.0. The largest absolute Gasteiger partial charge is 0.504 e. The quantitative estimate of drug-likeness (QED) is 0.482. The molecule has 3 N–H and O–H groups in total. The molecule has 1 atom stereocenters. The molecule has 0 saturated carbocycles. The number of hydrogen-bond acceptors (Lipinski definition) is 6. The molecule has 0 amide bonds. The number of aromatic hydroxyl groups is 1. The summed E-state index contributed by atoms with van der Waals surface area (Å²) in [6.07, 6.45) is 2.00. The maximum absolute atomic E-state index is 13.0. The highest BCUT2D eigenvalue weighted by molar-refractivity contribution is 6.10. The van der Waals surface area contributed by atoms with Crippen LogP contribution in [-0.4, -0.2) is 23.8 Å². The van der Waals surface area contributed by atoms with Gasteiger partial charge in [-0.2, -0.15) is 0 Å². The third kappa shape index (κ3) is 3.84. The first-order valence-electron chi connectivity index (χ1n) is 11.0. The molecule has 0 aromatic heterocycles. The number of ketones is 2. The monoisotopic (exact) mass is 440 g/mol. The van der Waals surface area contributed by atoms with E-state index in [-0.39, 0.29) is 17.3 Å². The lowest BCUT2D eigenvalue weighted by molar-refractivity contribution is -0.116. The van der Waals surface area contributed by atoms with Crippen molar-refractivity contribution in [2.24, 2.45) is 0 Å². The first kappa shape index (κ1) is 20.8. The van der Waals surface area contributed by atoms with Gasteiger partial charge in [-0.15, -0.1) is 0 Å². The Bertz CT molecular complexity index is 1280. The maximum Gasteiger partial charge on any atom is 0.193 e. The van der Waals surface area contributed by atoms with E-state index in [0.29, 0.717) is 28.9 Å². The number of carbonyl (C=O) groups excluding carboxylic acids is 2. The maximum atomic E-state index is 13.0. The SMILES string of the molecule is COc1cc([C@@H]2Nc3ccc(C(=O)c4ccccc4)cc3NC3=C2C(=O)CCC3)ccc1O. The Morgan fingerprint density at radius 1 is 0.970 bits per heavy atom. The number of phenolic OH excluding ortho intramolecular Hbond substituents is 1. The third-order valence-electron chi connectivity index (χ3n) is 6.19. The highest BCUT2D eigenvalue weighted by Gasteiger charge is 2.32. The van der Waals surface area contributed by atoms with Crippen LogP contribution in [-0.2, 0) is 4.79 Å². The standard InChI is InChI=1S/C27H24N2O4/c1-33-24-15-17(11-13-22(24)30)26-25-20(8-5-9-23(25)31)28-21-14-18(10-12-19(21)29-26)27(32)16-6-3-2-4-7-16/h2-4,6-7,10-15,26,28-30H,5,8-9H2,1H3/t26-/m0/s1. The molecule has 0 unspecified atom stereocenters. The first-order valence-corrected chi connectivity index (χ1v) is 11.0. The van der Waals surface area contributed by atoms with E-state index >= 15 is 0 Å². The lowest BCUT2D eigenvalue weighted by atomic mass is 9.86. The summed E-state index contributed by atoms with van der Waals surface area (Å²) < 4.78 is 5.29. The molecule has 6 nitrogen and oxygen atoms in total. The number of phenols is 1. The molecule has 0 bridgehead atoms. The second-order valence-corrected chi connectivity index (χ2v) is 8.26. The van der Waals surface area contributed by atoms with Crippen molar-refractivity contribution in [3.05, 3.63) is 94.7 Å². The van der Waals surface area contributed by atoms with E-state index in [1.54, 1.807) is 36.4 Å². The highest BCUT2D eigenvalue weighted by Crippen LogP contribution is 2.42. The molecule has 3 aromatic carbocycles. The fraction of sp³-hybridized carbons (Fsp3) is 0.185. The van der Waals surface area contributed by atoms with Gasteiger partial charge in [-0.25, -0.2) is 0 Å². The van der Waals surface area contributed by atoms with E-state index in [0.717, 1.165) is 35.5 Å². The van der Waals surface area contributed by atoms with Crippen LogP contribution < -0.4 is 15.4 Å². The molecular weight excluding hydrogens is 416 g/mol. The predicted molar refractivity (Wildman–Crippen MR) is 127 cm³/mol. The Hall–Kier alpha value is -4.06. The summed E-state index contributed by atoms with van der Waals surface area (Å²) in [6, 6.07) is 19.4. The summed E-state index contributed by atoms with van der Waals surface area (Å²) in [5.41, 5.74) is 5.10. The average Bonchev–Trinajstić information content (AvgIpc) is 3.01.